The number of hydrogen-bond acceptors (Lipinski definition) is 5. The number of amides is 1. The normalized spacial score (nSPS) is 14.7. The third-order valence-corrected chi connectivity index (χ3v) is 4.56. The maximum Gasteiger partial charge on any atom is 0.293 e. The Morgan fingerprint density at radius 1 is 1.22 bits per heavy atom. The summed E-state index contributed by atoms with van der Waals surface area (Å²) in [5.41, 5.74) is 0.657. The summed E-state index contributed by atoms with van der Waals surface area (Å²) >= 11 is 0. The highest BCUT2D eigenvalue weighted by Crippen LogP contribution is 2.32. The van der Waals surface area contributed by atoms with Crippen LogP contribution in [0.3, 0.4) is 0 Å². The van der Waals surface area contributed by atoms with Crippen LogP contribution in [0.25, 0.3) is 0 Å². The van der Waals surface area contributed by atoms with E-state index in [1.54, 1.807) is 24.3 Å². The molecule has 0 atom stereocenters. The van der Waals surface area contributed by atoms with Gasteiger partial charge in [0.15, 0.2) is 0 Å². The Kier molecular flexibility index (Phi) is 5.54. The van der Waals surface area contributed by atoms with Gasteiger partial charge in [-0.15, -0.1) is 0 Å². The molecule has 0 radical (unpaired) electrons. The third kappa shape index (κ3) is 4.33. The van der Waals surface area contributed by atoms with Crippen molar-refractivity contribution in [2.75, 3.05) is 25.0 Å². The Labute approximate surface area is 155 Å². The van der Waals surface area contributed by atoms with Crippen molar-refractivity contribution >= 4 is 17.3 Å². The molecule has 1 heterocycles. The second-order valence-electron chi connectivity index (χ2n) is 6.30. The largest absolute Gasteiger partial charge is 0.490 e. The number of hydrogen-bond donors (Lipinski definition) is 1. The van der Waals surface area contributed by atoms with Crippen LogP contribution in [0.1, 0.15) is 23.2 Å². The molecular formula is C19H20FN3O4. The third-order valence-electron chi connectivity index (χ3n) is 4.56. The van der Waals surface area contributed by atoms with Crippen LogP contribution in [-0.2, 0) is 0 Å². The molecule has 3 rings (SSSR count). The second-order valence-corrected chi connectivity index (χ2v) is 6.30. The highest BCUT2D eigenvalue weighted by molar-refractivity contribution is 5.95. The molecule has 0 aliphatic carbocycles. The summed E-state index contributed by atoms with van der Waals surface area (Å²) in [6.07, 6.45) is 1.34. The molecule has 8 heteroatoms. The van der Waals surface area contributed by atoms with E-state index in [2.05, 4.69) is 5.32 Å². The molecule has 0 bridgehead atoms. The van der Waals surface area contributed by atoms with E-state index in [0.29, 0.717) is 37.4 Å². The number of nitrogens with zero attached hydrogens (tertiary/aromatic N) is 2. The van der Waals surface area contributed by atoms with Crippen LogP contribution >= 0.6 is 0 Å². The van der Waals surface area contributed by atoms with Crippen LogP contribution in [0.2, 0.25) is 0 Å². The van der Waals surface area contributed by atoms with E-state index in [9.17, 15) is 19.3 Å². The fraction of sp³-hybridized carbons (Fsp3) is 0.316. The number of nitro benzene ring substituents is 1. The minimum atomic E-state index is -0.469. The Morgan fingerprint density at radius 3 is 2.48 bits per heavy atom. The van der Waals surface area contributed by atoms with Gasteiger partial charge in [-0.3, -0.25) is 14.9 Å². The summed E-state index contributed by atoms with van der Waals surface area (Å²) in [6.45, 7) is 1.18. The van der Waals surface area contributed by atoms with Crippen LogP contribution in [0, 0.1) is 15.9 Å². The molecule has 1 amide bonds. The van der Waals surface area contributed by atoms with Gasteiger partial charge in [-0.25, -0.2) is 4.39 Å². The number of anilines is 1. The summed E-state index contributed by atoms with van der Waals surface area (Å²) in [5, 5.41) is 13.9. The quantitative estimate of drug-likeness (QED) is 0.643. The van der Waals surface area contributed by atoms with Gasteiger partial charge in [0.2, 0.25) is 0 Å². The molecule has 1 aliphatic rings. The van der Waals surface area contributed by atoms with Crippen molar-refractivity contribution in [1.29, 1.82) is 0 Å². The molecule has 0 unspecified atom stereocenters. The summed E-state index contributed by atoms with van der Waals surface area (Å²) < 4.78 is 18.8. The number of halogens is 1. The van der Waals surface area contributed by atoms with E-state index in [0.717, 1.165) is 0 Å². The Hall–Kier alpha value is -3.16. The molecule has 1 saturated heterocycles. The molecule has 0 spiro atoms. The van der Waals surface area contributed by atoms with Gasteiger partial charge in [0, 0.05) is 44.6 Å². The number of piperidine rings is 1. The van der Waals surface area contributed by atoms with Gasteiger partial charge in [0.25, 0.3) is 11.6 Å². The van der Waals surface area contributed by atoms with Crippen molar-refractivity contribution in [3.63, 3.8) is 0 Å². The van der Waals surface area contributed by atoms with E-state index in [1.807, 2.05) is 4.90 Å². The van der Waals surface area contributed by atoms with Crippen LogP contribution in [0.4, 0.5) is 15.8 Å². The first-order chi connectivity index (χ1) is 13.0. The lowest BCUT2D eigenvalue weighted by Gasteiger charge is -2.33. The number of benzene rings is 2. The van der Waals surface area contributed by atoms with Gasteiger partial charge in [0.1, 0.15) is 23.4 Å². The average molecular weight is 373 g/mol. The average Bonchev–Trinajstić information content (AvgIpc) is 2.69. The van der Waals surface area contributed by atoms with Crippen molar-refractivity contribution in [3.05, 3.63) is 64.0 Å². The molecule has 142 valence electrons. The number of carbonyl (C=O) groups excluding carboxylic acids is 1. The molecular weight excluding hydrogens is 353 g/mol. The van der Waals surface area contributed by atoms with Crippen LogP contribution in [0.15, 0.2) is 42.5 Å². The molecule has 27 heavy (non-hydrogen) atoms. The number of nitro groups is 1. The predicted octanol–water partition coefficient (Wildman–Crippen LogP) is 3.14. The maximum atomic E-state index is 13.0. The van der Waals surface area contributed by atoms with Crippen molar-refractivity contribution in [2.24, 2.45) is 0 Å². The SMILES string of the molecule is CNC(=O)c1ccc(N2CCC(Oc3ccc(F)cc3)CC2)c([N+](=O)[O-])c1. The molecule has 7 nitrogen and oxygen atoms in total. The lowest BCUT2D eigenvalue weighted by atomic mass is 10.1. The summed E-state index contributed by atoms with van der Waals surface area (Å²) in [5.74, 6) is -0.0727. The second kappa shape index (κ2) is 8.03. The molecule has 0 aromatic heterocycles. The van der Waals surface area contributed by atoms with E-state index in [1.165, 1.54) is 25.2 Å². The van der Waals surface area contributed by atoms with Gasteiger partial charge in [-0.05, 0) is 36.4 Å². The number of carbonyl (C=O) groups is 1. The minimum Gasteiger partial charge on any atom is -0.490 e. The Bertz CT molecular complexity index is 833. The number of nitrogens with one attached hydrogen (secondary N) is 1. The fourth-order valence-electron chi connectivity index (χ4n) is 3.14. The van der Waals surface area contributed by atoms with Gasteiger partial charge >= 0.3 is 0 Å². The molecule has 1 aliphatic heterocycles. The number of ether oxygens (including phenoxy) is 1. The standard InChI is InChI=1S/C19H20FN3O4/c1-21-19(24)13-2-7-17(18(12-13)23(25)26)22-10-8-16(9-11-22)27-15-5-3-14(20)4-6-15/h2-7,12,16H,8-11H2,1H3,(H,21,24). The smallest absolute Gasteiger partial charge is 0.293 e. The summed E-state index contributed by atoms with van der Waals surface area (Å²) in [7, 11) is 1.48. The fourth-order valence-corrected chi connectivity index (χ4v) is 3.14. The zero-order valence-corrected chi connectivity index (χ0v) is 14.9. The Morgan fingerprint density at radius 2 is 1.89 bits per heavy atom. The summed E-state index contributed by atoms with van der Waals surface area (Å²) in [6, 6.07) is 10.4. The Balaban J connectivity index is 1.69. The van der Waals surface area contributed by atoms with Gasteiger partial charge in [0.05, 0.1) is 4.92 Å². The molecule has 1 fully saturated rings. The van der Waals surface area contributed by atoms with Crippen LogP contribution in [-0.4, -0.2) is 37.1 Å². The monoisotopic (exact) mass is 373 g/mol. The predicted molar refractivity (Wildman–Crippen MR) is 98.7 cm³/mol. The van der Waals surface area contributed by atoms with Crippen LogP contribution < -0.4 is 15.0 Å². The molecule has 0 saturated carbocycles. The van der Waals surface area contributed by atoms with E-state index in [-0.39, 0.29) is 29.1 Å². The molecule has 1 N–H and O–H groups in total. The van der Waals surface area contributed by atoms with Crippen LogP contribution in [0.5, 0.6) is 5.75 Å². The zero-order valence-electron chi connectivity index (χ0n) is 14.9. The van der Waals surface area contributed by atoms with E-state index >= 15 is 0 Å². The first kappa shape index (κ1) is 18.6. The summed E-state index contributed by atoms with van der Waals surface area (Å²) in [4.78, 5) is 24.6. The maximum absolute atomic E-state index is 13.0. The highest BCUT2D eigenvalue weighted by Gasteiger charge is 2.26. The van der Waals surface area contributed by atoms with Gasteiger partial charge < -0.3 is 15.0 Å². The van der Waals surface area contributed by atoms with E-state index in [4.69, 9.17) is 4.74 Å². The zero-order chi connectivity index (χ0) is 19.4. The first-order valence-electron chi connectivity index (χ1n) is 8.65. The topological polar surface area (TPSA) is 84.7 Å². The van der Waals surface area contributed by atoms with Crippen molar-refractivity contribution in [3.8, 4) is 5.75 Å². The lowest BCUT2D eigenvalue weighted by Crippen LogP contribution is -2.38. The van der Waals surface area contributed by atoms with Gasteiger partial charge in [-0.2, -0.15) is 0 Å². The molecule has 2 aromatic carbocycles. The van der Waals surface area contributed by atoms with Crippen molar-refractivity contribution in [1.82, 2.24) is 5.32 Å². The van der Waals surface area contributed by atoms with E-state index < -0.39 is 4.92 Å². The first-order valence-corrected chi connectivity index (χ1v) is 8.65. The minimum absolute atomic E-state index is 0.0316. The highest BCUT2D eigenvalue weighted by atomic mass is 19.1. The van der Waals surface area contributed by atoms with Crippen molar-refractivity contribution < 1.29 is 18.8 Å². The van der Waals surface area contributed by atoms with Gasteiger partial charge in [-0.1, -0.05) is 0 Å². The van der Waals surface area contributed by atoms with Crippen molar-refractivity contribution in [2.45, 2.75) is 18.9 Å². The molecule has 2 aromatic rings. The number of rotatable bonds is 5. The lowest BCUT2D eigenvalue weighted by molar-refractivity contribution is -0.384.